The van der Waals surface area contributed by atoms with Crippen LogP contribution in [-0.4, -0.2) is 24.2 Å². The van der Waals surface area contributed by atoms with Gasteiger partial charge in [0.15, 0.2) is 0 Å². The fourth-order valence-electron chi connectivity index (χ4n) is 1.64. The fourth-order valence-corrected chi connectivity index (χ4v) is 1.64. The minimum Gasteiger partial charge on any atom is -0.481 e. The molecular formula is C12H22O4. The third-order valence-electron chi connectivity index (χ3n) is 2.98. The molecule has 16 heavy (non-hydrogen) atoms. The predicted molar refractivity (Wildman–Crippen MR) is 61.0 cm³/mol. The van der Waals surface area contributed by atoms with Gasteiger partial charge in [0.2, 0.25) is 0 Å². The Balaban J connectivity index is 4.43. The molecule has 0 aromatic carbocycles. The van der Waals surface area contributed by atoms with Gasteiger partial charge in [-0.1, -0.05) is 27.2 Å². The van der Waals surface area contributed by atoms with E-state index in [1.54, 1.807) is 6.92 Å². The molecule has 94 valence electrons. The first-order valence-corrected chi connectivity index (χ1v) is 5.72. The molecule has 0 fully saturated rings. The lowest BCUT2D eigenvalue weighted by atomic mass is 9.87. The van der Waals surface area contributed by atoms with Crippen molar-refractivity contribution in [2.45, 2.75) is 40.0 Å². The number of methoxy groups -OCH3 is 1. The molecule has 0 aliphatic rings. The Morgan fingerprint density at radius 3 is 2.19 bits per heavy atom. The van der Waals surface area contributed by atoms with Gasteiger partial charge in [-0.25, -0.2) is 0 Å². The number of hydrogen-bond acceptors (Lipinski definition) is 3. The van der Waals surface area contributed by atoms with Crippen LogP contribution < -0.4 is 0 Å². The SMILES string of the molecule is CCC(C)CC(CC(C)C(=O)O)C(=O)OC. The molecule has 1 N–H and O–H groups in total. The highest BCUT2D eigenvalue weighted by atomic mass is 16.5. The highest BCUT2D eigenvalue weighted by Gasteiger charge is 2.26. The van der Waals surface area contributed by atoms with Crippen LogP contribution >= 0.6 is 0 Å². The Labute approximate surface area is 97.0 Å². The zero-order chi connectivity index (χ0) is 12.7. The molecule has 0 bridgehead atoms. The summed E-state index contributed by atoms with van der Waals surface area (Å²) in [4.78, 5) is 22.3. The molecule has 0 aliphatic heterocycles. The average molecular weight is 230 g/mol. The molecule has 0 radical (unpaired) electrons. The van der Waals surface area contributed by atoms with E-state index in [0.29, 0.717) is 18.8 Å². The molecule has 4 nitrogen and oxygen atoms in total. The summed E-state index contributed by atoms with van der Waals surface area (Å²) < 4.78 is 4.71. The highest BCUT2D eigenvalue weighted by molar-refractivity contribution is 5.74. The second-order valence-corrected chi connectivity index (χ2v) is 4.44. The van der Waals surface area contributed by atoms with Gasteiger partial charge in [0, 0.05) is 0 Å². The number of carboxylic acid groups (broad SMARTS) is 1. The number of carboxylic acids is 1. The first-order valence-electron chi connectivity index (χ1n) is 5.72. The maximum absolute atomic E-state index is 11.5. The van der Waals surface area contributed by atoms with Gasteiger partial charge < -0.3 is 9.84 Å². The monoisotopic (exact) mass is 230 g/mol. The minimum absolute atomic E-state index is 0.298. The number of rotatable bonds is 7. The number of aliphatic carboxylic acids is 1. The van der Waals surface area contributed by atoms with E-state index in [1.165, 1.54) is 7.11 Å². The van der Waals surface area contributed by atoms with Crippen molar-refractivity contribution in [2.75, 3.05) is 7.11 Å². The predicted octanol–water partition coefficient (Wildman–Crippen LogP) is 2.32. The Kier molecular flexibility index (Phi) is 6.77. The van der Waals surface area contributed by atoms with Gasteiger partial charge >= 0.3 is 11.9 Å². The van der Waals surface area contributed by atoms with Crippen LogP contribution in [0.15, 0.2) is 0 Å². The van der Waals surface area contributed by atoms with Gasteiger partial charge in [0.1, 0.15) is 0 Å². The van der Waals surface area contributed by atoms with E-state index in [4.69, 9.17) is 9.84 Å². The van der Waals surface area contributed by atoms with Crippen molar-refractivity contribution in [3.05, 3.63) is 0 Å². The largest absolute Gasteiger partial charge is 0.481 e. The molecule has 0 heterocycles. The van der Waals surface area contributed by atoms with Crippen LogP contribution in [0.4, 0.5) is 0 Å². The average Bonchev–Trinajstić information content (AvgIpc) is 2.26. The highest BCUT2D eigenvalue weighted by Crippen LogP contribution is 2.23. The van der Waals surface area contributed by atoms with Crippen LogP contribution in [0.1, 0.15) is 40.0 Å². The van der Waals surface area contributed by atoms with Crippen molar-refractivity contribution in [2.24, 2.45) is 17.8 Å². The van der Waals surface area contributed by atoms with E-state index in [-0.39, 0.29) is 11.9 Å². The Morgan fingerprint density at radius 1 is 1.25 bits per heavy atom. The van der Waals surface area contributed by atoms with E-state index in [9.17, 15) is 9.59 Å². The smallest absolute Gasteiger partial charge is 0.308 e. The Hall–Kier alpha value is -1.06. The van der Waals surface area contributed by atoms with Crippen LogP contribution in [0.2, 0.25) is 0 Å². The molecule has 0 aromatic rings. The van der Waals surface area contributed by atoms with Crippen molar-refractivity contribution in [1.29, 1.82) is 0 Å². The van der Waals surface area contributed by atoms with E-state index in [1.807, 2.05) is 0 Å². The molecule has 0 spiro atoms. The van der Waals surface area contributed by atoms with Gasteiger partial charge in [-0.3, -0.25) is 9.59 Å². The first kappa shape index (κ1) is 14.9. The molecule has 0 rings (SSSR count). The summed E-state index contributed by atoms with van der Waals surface area (Å²) >= 11 is 0. The van der Waals surface area contributed by atoms with Crippen LogP contribution in [0.3, 0.4) is 0 Å². The van der Waals surface area contributed by atoms with Crippen molar-refractivity contribution in [1.82, 2.24) is 0 Å². The Morgan fingerprint density at radius 2 is 1.81 bits per heavy atom. The molecule has 0 saturated carbocycles. The summed E-state index contributed by atoms with van der Waals surface area (Å²) in [7, 11) is 1.34. The lowest BCUT2D eigenvalue weighted by Crippen LogP contribution is -2.24. The van der Waals surface area contributed by atoms with Gasteiger partial charge in [-0.05, 0) is 18.8 Å². The molecule has 0 amide bonds. The normalized spacial score (nSPS) is 16.2. The third kappa shape index (κ3) is 5.14. The van der Waals surface area contributed by atoms with Crippen LogP contribution in [-0.2, 0) is 14.3 Å². The van der Waals surface area contributed by atoms with E-state index >= 15 is 0 Å². The molecular weight excluding hydrogens is 208 g/mol. The van der Waals surface area contributed by atoms with Gasteiger partial charge in [-0.2, -0.15) is 0 Å². The summed E-state index contributed by atoms with van der Waals surface area (Å²) in [6.45, 7) is 5.73. The summed E-state index contributed by atoms with van der Waals surface area (Å²) in [5.41, 5.74) is 0. The van der Waals surface area contributed by atoms with E-state index in [2.05, 4.69) is 13.8 Å². The maximum Gasteiger partial charge on any atom is 0.308 e. The van der Waals surface area contributed by atoms with E-state index in [0.717, 1.165) is 6.42 Å². The fraction of sp³-hybridized carbons (Fsp3) is 0.833. The second-order valence-electron chi connectivity index (χ2n) is 4.44. The van der Waals surface area contributed by atoms with Crippen LogP contribution in [0.5, 0.6) is 0 Å². The Bertz CT molecular complexity index is 237. The van der Waals surface area contributed by atoms with Crippen LogP contribution in [0.25, 0.3) is 0 Å². The topological polar surface area (TPSA) is 63.6 Å². The van der Waals surface area contributed by atoms with Gasteiger partial charge in [0.25, 0.3) is 0 Å². The van der Waals surface area contributed by atoms with Gasteiger partial charge in [-0.15, -0.1) is 0 Å². The van der Waals surface area contributed by atoms with Gasteiger partial charge in [0.05, 0.1) is 18.9 Å². The molecule has 3 unspecified atom stereocenters. The molecule has 4 heteroatoms. The van der Waals surface area contributed by atoms with E-state index < -0.39 is 11.9 Å². The minimum atomic E-state index is -0.863. The number of carbonyl (C=O) groups is 2. The third-order valence-corrected chi connectivity index (χ3v) is 2.98. The van der Waals surface area contributed by atoms with Crippen molar-refractivity contribution < 1.29 is 19.4 Å². The quantitative estimate of drug-likeness (QED) is 0.682. The summed E-state index contributed by atoms with van der Waals surface area (Å²) in [5, 5.41) is 8.82. The van der Waals surface area contributed by atoms with Crippen molar-refractivity contribution in [3.63, 3.8) is 0 Å². The molecule has 0 saturated heterocycles. The second kappa shape index (κ2) is 7.25. The summed E-state index contributed by atoms with van der Waals surface area (Å²) in [6, 6.07) is 0. The van der Waals surface area contributed by atoms with Crippen molar-refractivity contribution >= 4 is 11.9 Å². The zero-order valence-corrected chi connectivity index (χ0v) is 10.5. The molecule has 0 aromatic heterocycles. The molecule has 3 atom stereocenters. The van der Waals surface area contributed by atoms with Crippen LogP contribution in [0, 0.1) is 17.8 Å². The van der Waals surface area contributed by atoms with Crippen molar-refractivity contribution in [3.8, 4) is 0 Å². The zero-order valence-electron chi connectivity index (χ0n) is 10.5. The number of hydrogen-bond donors (Lipinski definition) is 1. The number of esters is 1. The maximum atomic E-state index is 11.5. The lowest BCUT2D eigenvalue weighted by molar-refractivity contribution is -0.148. The first-order chi connectivity index (χ1) is 7.42. The lowest BCUT2D eigenvalue weighted by Gasteiger charge is -2.19. The summed E-state index contributed by atoms with van der Waals surface area (Å²) in [5.74, 6) is -1.56. The standard InChI is InChI=1S/C12H22O4/c1-5-8(2)6-10(12(15)16-4)7-9(3)11(13)14/h8-10H,5-7H2,1-4H3,(H,13,14). The number of ether oxygens (including phenoxy) is 1. The molecule has 0 aliphatic carbocycles. The number of carbonyl (C=O) groups excluding carboxylic acids is 1. The summed E-state index contributed by atoms with van der Waals surface area (Å²) in [6.07, 6.45) is 2.03.